The first-order valence-electron chi connectivity index (χ1n) is 7.21. The van der Waals surface area contributed by atoms with E-state index in [9.17, 15) is 0 Å². The van der Waals surface area contributed by atoms with Gasteiger partial charge in [0.05, 0.1) is 0 Å². The highest BCUT2D eigenvalue weighted by Crippen LogP contribution is 2.12. The van der Waals surface area contributed by atoms with Gasteiger partial charge in [-0.05, 0) is 48.4 Å². The fraction of sp³-hybridized carbons (Fsp3) is 0.200. The highest BCUT2D eigenvalue weighted by molar-refractivity contribution is 5.30. The van der Waals surface area contributed by atoms with E-state index in [0.717, 1.165) is 19.3 Å². The second kappa shape index (κ2) is 7.49. The van der Waals surface area contributed by atoms with Gasteiger partial charge >= 0.3 is 0 Å². The van der Waals surface area contributed by atoms with Gasteiger partial charge in [0, 0.05) is 0 Å². The average Bonchev–Trinajstić information content (AvgIpc) is 2.53. The molecule has 0 spiro atoms. The van der Waals surface area contributed by atoms with Gasteiger partial charge in [-0.25, -0.2) is 0 Å². The molecule has 0 fully saturated rings. The van der Waals surface area contributed by atoms with Gasteiger partial charge < -0.3 is 0 Å². The lowest BCUT2D eigenvalue weighted by atomic mass is 10.0. The Morgan fingerprint density at radius 1 is 0.850 bits per heavy atom. The van der Waals surface area contributed by atoms with Gasteiger partial charge in [0.1, 0.15) is 0 Å². The van der Waals surface area contributed by atoms with E-state index in [1.165, 1.54) is 22.3 Å². The molecule has 0 bridgehead atoms. The topological polar surface area (TPSA) is 0 Å². The van der Waals surface area contributed by atoms with Crippen LogP contribution in [-0.2, 0) is 19.3 Å². The summed E-state index contributed by atoms with van der Waals surface area (Å²) in [6, 6.07) is 19.6. The van der Waals surface area contributed by atoms with Crippen LogP contribution in [0.25, 0.3) is 0 Å². The molecule has 0 amide bonds. The molecular formula is C20H22. The van der Waals surface area contributed by atoms with E-state index < -0.39 is 0 Å². The summed E-state index contributed by atoms with van der Waals surface area (Å²) in [5.41, 5.74) is 5.43. The summed E-state index contributed by atoms with van der Waals surface area (Å²) in [6.07, 6.45) is 7.23. The third-order valence-corrected chi connectivity index (χ3v) is 3.61. The normalized spacial score (nSPS) is 11.3. The Morgan fingerprint density at radius 3 is 1.95 bits per heavy atom. The first kappa shape index (κ1) is 14.3. The van der Waals surface area contributed by atoms with Crippen LogP contribution in [0.3, 0.4) is 0 Å². The maximum Gasteiger partial charge on any atom is -0.00293 e. The number of hydrogen-bond acceptors (Lipinski definition) is 0. The molecule has 0 heteroatoms. The van der Waals surface area contributed by atoms with E-state index in [2.05, 4.69) is 74.2 Å². The van der Waals surface area contributed by atoms with Crippen molar-refractivity contribution >= 4 is 0 Å². The fourth-order valence-corrected chi connectivity index (χ4v) is 2.28. The third-order valence-electron chi connectivity index (χ3n) is 3.61. The van der Waals surface area contributed by atoms with Crippen LogP contribution in [0.15, 0.2) is 78.9 Å². The zero-order valence-corrected chi connectivity index (χ0v) is 12.2. The number of allylic oxidation sites excluding steroid dienone is 3. The predicted molar refractivity (Wildman–Crippen MR) is 88.0 cm³/mol. The van der Waals surface area contributed by atoms with Crippen LogP contribution >= 0.6 is 0 Å². The Kier molecular flexibility index (Phi) is 5.37. The average molecular weight is 262 g/mol. The Labute approximate surface area is 122 Å². The van der Waals surface area contributed by atoms with Crippen LogP contribution < -0.4 is 0 Å². The van der Waals surface area contributed by atoms with Gasteiger partial charge in [0.2, 0.25) is 0 Å². The minimum atomic E-state index is 0.971. The molecule has 2 aromatic carbocycles. The van der Waals surface area contributed by atoms with Crippen molar-refractivity contribution in [1.29, 1.82) is 0 Å². The van der Waals surface area contributed by atoms with Crippen molar-refractivity contribution < 1.29 is 0 Å². The van der Waals surface area contributed by atoms with Gasteiger partial charge in [0.25, 0.3) is 0 Å². The number of rotatable bonds is 6. The van der Waals surface area contributed by atoms with Crippen LogP contribution in [0.5, 0.6) is 0 Å². The molecule has 2 rings (SSSR count). The highest BCUT2D eigenvalue weighted by atomic mass is 14.0. The monoisotopic (exact) mass is 262 g/mol. The summed E-state index contributed by atoms with van der Waals surface area (Å²) in [7, 11) is 0. The number of aryl methyl sites for hydroxylation is 2. The Bertz CT molecular complexity index is 559. The lowest BCUT2D eigenvalue weighted by molar-refractivity contribution is 0.958. The quantitative estimate of drug-likeness (QED) is 0.632. The molecule has 0 aliphatic heterocycles. The van der Waals surface area contributed by atoms with Crippen molar-refractivity contribution in [3.05, 3.63) is 95.6 Å². The van der Waals surface area contributed by atoms with E-state index in [-0.39, 0.29) is 0 Å². The highest BCUT2D eigenvalue weighted by Gasteiger charge is 1.98. The van der Waals surface area contributed by atoms with E-state index in [0.29, 0.717) is 0 Å². The van der Waals surface area contributed by atoms with Gasteiger partial charge in [-0.2, -0.15) is 0 Å². The first-order valence-corrected chi connectivity index (χ1v) is 7.21. The zero-order chi connectivity index (χ0) is 14.2. The smallest absolute Gasteiger partial charge is 0.00293 e. The maximum atomic E-state index is 3.84. The standard InChI is InChI=1S/C20H22/c1-3-17(4-2)16-20-14-12-19(13-15-20)11-10-18-8-6-5-7-9-18/h3-9,12-15H,1,10-11,16H2,2H3/b17-4+. The molecule has 0 aliphatic carbocycles. The Balaban J connectivity index is 1.93. The molecule has 2 aromatic rings. The van der Waals surface area contributed by atoms with E-state index in [4.69, 9.17) is 0 Å². The molecular weight excluding hydrogens is 240 g/mol. The summed E-state index contributed by atoms with van der Waals surface area (Å²) in [4.78, 5) is 0. The maximum absolute atomic E-state index is 3.84. The van der Waals surface area contributed by atoms with Crippen molar-refractivity contribution in [2.45, 2.75) is 26.2 Å². The third kappa shape index (κ3) is 4.24. The van der Waals surface area contributed by atoms with Crippen LogP contribution in [0.1, 0.15) is 23.6 Å². The second-order valence-electron chi connectivity index (χ2n) is 5.05. The van der Waals surface area contributed by atoms with Crippen molar-refractivity contribution in [3.8, 4) is 0 Å². The van der Waals surface area contributed by atoms with Crippen molar-refractivity contribution in [2.75, 3.05) is 0 Å². The molecule has 0 radical (unpaired) electrons. The number of benzene rings is 2. The van der Waals surface area contributed by atoms with E-state index in [1.807, 2.05) is 6.08 Å². The SMILES string of the molecule is C=C/C(=C\C)Cc1ccc(CCc2ccccc2)cc1. The fourth-order valence-electron chi connectivity index (χ4n) is 2.28. The second-order valence-corrected chi connectivity index (χ2v) is 5.05. The minimum Gasteiger partial charge on any atom is -0.0988 e. The van der Waals surface area contributed by atoms with Crippen LogP contribution in [-0.4, -0.2) is 0 Å². The lowest BCUT2D eigenvalue weighted by Gasteiger charge is -2.05. The first-order chi connectivity index (χ1) is 9.81. The van der Waals surface area contributed by atoms with Crippen LogP contribution in [0.4, 0.5) is 0 Å². The van der Waals surface area contributed by atoms with Crippen LogP contribution in [0, 0.1) is 0 Å². The van der Waals surface area contributed by atoms with Crippen molar-refractivity contribution in [3.63, 3.8) is 0 Å². The van der Waals surface area contributed by atoms with E-state index >= 15 is 0 Å². The summed E-state index contributed by atoms with van der Waals surface area (Å²) < 4.78 is 0. The summed E-state index contributed by atoms with van der Waals surface area (Å²) in [5.74, 6) is 0. The zero-order valence-electron chi connectivity index (χ0n) is 12.2. The molecule has 0 unspecified atom stereocenters. The molecule has 0 saturated carbocycles. The summed E-state index contributed by atoms with van der Waals surface area (Å²) in [6.45, 7) is 5.90. The van der Waals surface area contributed by atoms with Gasteiger partial charge in [-0.1, -0.05) is 73.3 Å². The lowest BCUT2D eigenvalue weighted by Crippen LogP contribution is -1.93. The van der Waals surface area contributed by atoms with E-state index in [1.54, 1.807) is 0 Å². The molecule has 0 aliphatic rings. The Hall–Kier alpha value is -2.08. The molecule has 0 heterocycles. The van der Waals surface area contributed by atoms with Gasteiger partial charge in [-0.15, -0.1) is 0 Å². The predicted octanol–water partition coefficient (Wildman–Crippen LogP) is 5.15. The van der Waals surface area contributed by atoms with Gasteiger partial charge in [-0.3, -0.25) is 0 Å². The minimum absolute atomic E-state index is 0.971. The molecule has 102 valence electrons. The summed E-state index contributed by atoms with van der Waals surface area (Å²) in [5, 5.41) is 0. The molecule has 0 nitrogen and oxygen atoms in total. The molecule has 0 atom stereocenters. The summed E-state index contributed by atoms with van der Waals surface area (Å²) >= 11 is 0. The van der Waals surface area contributed by atoms with Crippen molar-refractivity contribution in [1.82, 2.24) is 0 Å². The molecule has 0 N–H and O–H groups in total. The van der Waals surface area contributed by atoms with Crippen LogP contribution in [0.2, 0.25) is 0 Å². The molecule has 20 heavy (non-hydrogen) atoms. The van der Waals surface area contributed by atoms with Crippen molar-refractivity contribution in [2.24, 2.45) is 0 Å². The Morgan fingerprint density at radius 2 is 1.40 bits per heavy atom. The largest absolute Gasteiger partial charge is 0.0988 e. The van der Waals surface area contributed by atoms with Gasteiger partial charge in [0.15, 0.2) is 0 Å². The number of hydrogen-bond donors (Lipinski definition) is 0. The molecule has 0 saturated heterocycles. The molecule has 0 aromatic heterocycles.